The highest BCUT2D eigenvalue weighted by Crippen LogP contribution is 2.35. The summed E-state index contributed by atoms with van der Waals surface area (Å²) >= 11 is 1.12. The molecule has 0 aliphatic carbocycles. The van der Waals surface area contributed by atoms with Gasteiger partial charge in [-0.15, -0.1) is 0 Å². The van der Waals surface area contributed by atoms with Gasteiger partial charge in [0.25, 0.3) is 0 Å². The van der Waals surface area contributed by atoms with E-state index in [1.165, 1.54) is 7.11 Å². The molecule has 0 saturated heterocycles. The molecule has 1 atom stereocenters. The third-order valence-electron chi connectivity index (χ3n) is 4.29. The van der Waals surface area contributed by atoms with Gasteiger partial charge in [-0.25, -0.2) is 4.79 Å². The highest BCUT2D eigenvalue weighted by atomic mass is 32.2. The van der Waals surface area contributed by atoms with Crippen LogP contribution in [-0.4, -0.2) is 50.9 Å². The van der Waals surface area contributed by atoms with E-state index in [4.69, 9.17) is 4.74 Å². The van der Waals surface area contributed by atoms with Crippen molar-refractivity contribution in [3.63, 3.8) is 0 Å². The Hall–Kier alpha value is -2.83. The number of methoxy groups -OCH3 is 2. The zero-order chi connectivity index (χ0) is 21.2. The number of nitrogens with one attached hydrogen (secondary N) is 2. The Morgan fingerprint density at radius 3 is 2.66 bits per heavy atom. The summed E-state index contributed by atoms with van der Waals surface area (Å²) in [5.74, 6) is -1.22. The number of nitriles is 1. The van der Waals surface area contributed by atoms with Crippen LogP contribution in [0.3, 0.4) is 0 Å². The van der Waals surface area contributed by atoms with E-state index >= 15 is 0 Å². The number of amides is 2. The molecule has 2 N–H and O–H groups in total. The van der Waals surface area contributed by atoms with Gasteiger partial charge in [-0.2, -0.15) is 5.26 Å². The van der Waals surface area contributed by atoms with Gasteiger partial charge < -0.3 is 20.1 Å². The van der Waals surface area contributed by atoms with Gasteiger partial charge in [-0.05, 0) is 24.1 Å². The third-order valence-corrected chi connectivity index (χ3v) is 5.30. The Balaban J connectivity index is 2.11. The third kappa shape index (κ3) is 6.34. The monoisotopic (exact) mass is 417 g/mol. The van der Waals surface area contributed by atoms with Crippen LogP contribution in [0.5, 0.6) is 0 Å². The second kappa shape index (κ2) is 11.2. The molecule has 1 aliphatic heterocycles. The molecule has 1 aliphatic rings. The molecule has 8 nitrogen and oxygen atoms in total. The van der Waals surface area contributed by atoms with Crippen molar-refractivity contribution in [1.82, 2.24) is 10.6 Å². The maximum absolute atomic E-state index is 12.2. The molecule has 154 valence electrons. The molecule has 0 spiro atoms. The van der Waals surface area contributed by atoms with E-state index in [0.29, 0.717) is 35.7 Å². The molecule has 0 unspecified atom stereocenters. The number of nitrogens with zero attached hydrogens (tertiary/aromatic N) is 1. The Bertz CT molecular complexity index is 830. The van der Waals surface area contributed by atoms with E-state index in [9.17, 15) is 19.6 Å². The van der Waals surface area contributed by atoms with Gasteiger partial charge >= 0.3 is 5.97 Å². The fraction of sp³-hybridized carbons (Fsp3) is 0.400. The average molecular weight is 417 g/mol. The van der Waals surface area contributed by atoms with Gasteiger partial charge in [-0.1, -0.05) is 23.9 Å². The zero-order valence-electron chi connectivity index (χ0n) is 16.3. The maximum atomic E-state index is 12.2. The lowest BCUT2D eigenvalue weighted by Crippen LogP contribution is -2.32. The first-order chi connectivity index (χ1) is 14.0. The summed E-state index contributed by atoms with van der Waals surface area (Å²) in [4.78, 5) is 35.7. The molecule has 2 rings (SSSR count). The first kappa shape index (κ1) is 22.5. The Morgan fingerprint density at radius 2 is 2.03 bits per heavy atom. The van der Waals surface area contributed by atoms with Crippen molar-refractivity contribution in [2.75, 3.05) is 33.1 Å². The summed E-state index contributed by atoms with van der Waals surface area (Å²) in [5.41, 5.74) is 1.53. The first-order valence-electron chi connectivity index (χ1n) is 9.01. The SMILES string of the molecule is COCCCNC(=O)CSC1=C(C#N)[C@@H](c2ccc(C(=O)OC)cc2)CC(=O)N1. The van der Waals surface area contributed by atoms with Gasteiger partial charge in [0.05, 0.1) is 35.1 Å². The molecule has 1 heterocycles. The minimum Gasteiger partial charge on any atom is -0.465 e. The molecule has 1 aromatic rings. The number of hydrogen-bond acceptors (Lipinski definition) is 7. The molecular weight excluding hydrogens is 394 g/mol. The Morgan fingerprint density at radius 1 is 1.31 bits per heavy atom. The number of hydrogen-bond donors (Lipinski definition) is 2. The quantitative estimate of drug-likeness (QED) is 0.464. The summed E-state index contributed by atoms with van der Waals surface area (Å²) < 4.78 is 9.61. The van der Waals surface area contributed by atoms with Crippen LogP contribution in [0.25, 0.3) is 0 Å². The predicted octanol–water partition coefficient (Wildman–Crippen LogP) is 1.70. The minimum atomic E-state index is -0.457. The lowest BCUT2D eigenvalue weighted by Gasteiger charge is -2.25. The summed E-state index contributed by atoms with van der Waals surface area (Å²) in [6.45, 7) is 1.06. The van der Waals surface area contributed by atoms with Gasteiger partial charge in [0, 0.05) is 32.6 Å². The second-order valence-electron chi connectivity index (χ2n) is 6.26. The van der Waals surface area contributed by atoms with Crippen molar-refractivity contribution in [2.24, 2.45) is 0 Å². The van der Waals surface area contributed by atoms with Crippen LogP contribution in [0.1, 0.15) is 34.7 Å². The average Bonchev–Trinajstić information content (AvgIpc) is 2.74. The van der Waals surface area contributed by atoms with E-state index in [-0.39, 0.29) is 24.0 Å². The number of ether oxygens (including phenoxy) is 2. The first-order valence-corrected chi connectivity index (χ1v) is 9.99. The maximum Gasteiger partial charge on any atom is 0.337 e. The molecule has 0 saturated carbocycles. The Kier molecular flexibility index (Phi) is 8.70. The van der Waals surface area contributed by atoms with Crippen LogP contribution < -0.4 is 10.6 Å². The van der Waals surface area contributed by atoms with E-state index in [1.807, 2.05) is 0 Å². The van der Waals surface area contributed by atoms with Crippen molar-refractivity contribution < 1.29 is 23.9 Å². The van der Waals surface area contributed by atoms with Crippen molar-refractivity contribution in [1.29, 1.82) is 5.26 Å². The number of benzene rings is 1. The molecule has 1 aromatic carbocycles. The number of allylic oxidation sites excluding steroid dienone is 1. The van der Waals surface area contributed by atoms with Gasteiger partial charge in [0.15, 0.2) is 0 Å². The summed E-state index contributed by atoms with van der Waals surface area (Å²) in [6.07, 6.45) is 0.827. The molecule has 9 heteroatoms. The van der Waals surface area contributed by atoms with Gasteiger partial charge in [0.1, 0.15) is 0 Å². The van der Waals surface area contributed by atoms with Crippen LogP contribution in [0.4, 0.5) is 0 Å². The lowest BCUT2D eigenvalue weighted by molar-refractivity contribution is -0.121. The number of carbonyl (C=O) groups excluding carboxylic acids is 3. The summed E-state index contributed by atoms with van der Waals surface area (Å²) in [5, 5.41) is 15.5. The van der Waals surface area contributed by atoms with Crippen molar-refractivity contribution in [3.05, 3.63) is 46.0 Å². The van der Waals surface area contributed by atoms with Crippen LogP contribution in [-0.2, 0) is 19.1 Å². The summed E-state index contributed by atoms with van der Waals surface area (Å²) in [7, 11) is 2.90. The van der Waals surface area contributed by atoms with E-state index in [0.717, 1.165) is 17.3 Å². The van der Waals surface area contributed by atoms with Gasteiger partial charge in [-0.3, -0.25) is 9.59 Å². The van der Waals surface area contributed by atoms with Crippen molar-refractivity contribution >= 4 is 29.5 Å². The van der Waals surface area contributed by atoms with E-state index < -0.39 is 11.9 Å². The van der Waals surface area contributed by atoms with Gasteiger partial charge in [0.2, 0.25) is 11.8 Å². The highest BCUT2D eigenvalue weighted by molar-refractivity contribution is 8.03. The standard InChI is InChI=1S/C20H23N3O5S/c1-27-9-3-8-22-18(25)12-29-19-16(11-21)15(10-17(24)23-19)13-4-6-14(7-5-13)20(26)28-2/h4-7,15H,3,8-10,12H2,1-2H3,(H,22,25)(H,23,24)/t15-/m1/s1. The van der Waals surface area contributed by atoms with Crippen LogP contribution in [0, 0.1) is 11.3 Å². The molecule has 0 fully saturated rings. The molecule has 29 heavy (non-hydrogen) atoms. The van der Waals surface area contributed by atoms with Crippen LogP contribution in [0.2, 0.25) is 0 Å². The largest absolute Gasteiger partial charge is 0.465 e. The highest BCUT2D eigenvalue weighted by Gasteiger charge is 2.30. The normalized spacial score (nSPS) is 16.0. The van der Waals surface area contributed by atoms with Crippen LogP contribution in [0.15, 0.2) is 34.9 Å². The van der Waals surface area contributed by atoms with Crippen molar-refractivity contribution in [2.45, 2.75) is 18.8 Å². The smallest absolute Gasteiger partial charge is 0.337 e. The fourth-order valence-electron chi connectivity index (χ4n) is 2.82. The minimum absolute atomic E-state index is 0.0851. The van der Waals surface area contributed by atoms with E-state index in [2.05, 4.69) is 21.4 Å². The van der Waals surface area contributed by atoms with Crippen LogP contribution >= 0.6 is 11.8 Å². The molecule has 2 amide bonds. The lowest BCUT2D eigenvalue weighted by atomic mass is 9.87. The molecule has 0 radical (unpaired) electrons. The molecule has 0 aromatic heterocycles. The summed E-state index contributed by atoms with van der Waals surface area (Å²) in [6, 6.07) is 8.77. The topological polar surface area (TPSA) is 118 Å². The Labute approximate surface area is 173 Å². The predicted molar refractivity (Wildman–Crippen MR) is 108 cm³/mol. The number of carbonyl (C=O) groups is 3. The zero-order valence-corrected chi connectivity index (χ0v) is 17.1. The number of rotatable bonds is 9. The van der Waals surface area contributed by atoms with E-state index in [1.54, 1.807) is 31.4 Å². The number of thioether (sulfide) groups is 1. The number of esters is 1. The second-order valence-corrected chi connectivity index (χ2v) is 7.24. The molecular formula is C20H23N3O5S. The molecule has 0 bridgehead atoms. The fourth-order valence-corrected chi connectivity index (χ4v) is 3.73. The van der Waals surface area contributed by atoms with Crippen molar-refractivity contribution in [3.8, 4) is 6.07 Å².